The zero-order chi connectivity index (χ0) is 13.1. The molecule has 1 saturated carbocycles. The van der Waals surface area contributed by atoms with Gasteiger partial charge in [-0.3, -0.25) is 0 Å². The van der Waals surface area contributed by atoms with Gasteiger partial charge in [-0.15, -0.1) is 11.6 Å². The third-order valence-electron chi connectivity index (χ3n) is 2.88. The van der Waals surface area contributed by atoms with E-state index in [9.17, 15) is 8.78 Å². The van der Waals surface area contributed by atoms with Crippen molar-refractivity contribution in [2.75, 3.05) is 6.61 Å². The predicted octanol–water partition coefficient (Wildman–Crippen LogP) is 3.52. The third kappa shape index (κ3) is 2.75. The summed E-state index contributed by atoms with van der Waals surface area (Å²) < 4.78 is 37.7. The van der Waals surface area contributed by atoms with Crippen molar-refractivity contribution in [1.29, 1.82) is 0 Å². The molecule has 2 nitrogen and oxygen atoms in total. The summed E-state index contributed by atoms with van der Waals surface area (Å²) in [6, 6.07) is 3.63. The lowest BCUT2D eigenvalue weighted by atomic mass is 9.91. The largest absolute Gasteiger partial charge is 0.481 e. The number of para-hydroxylation sites is 1. The summed E-state index contributed by atoms with van der Waals surface area (Å²) in [5.41, 5.74) is 0. The van der Waals surface area contributed by atoms with Crippen LogP contribution in [-0.2, 0) is 4.74 Å². The Morgan fingerprint density at radius 3 is 2.56 bits per heavy atom. The van der Waals surface area contributed by atoms with Gasteiger partial charge in [-0.25, -0.2) is 8.78 Å². The lowest BCUT2D eigenvalue weighted by Crippen LogP contribution is -2.53. The van der Waals surface area contributed by atoms with Crippen molar-refractivity contribution in [3.8, 4) is 5.75 Å². The van der Waals surface area contributed by atoms with E-state index in [0.29, 0.717) is 13.0 Å². The second-order valence-electron chi connectivity index (χ2n) is 4.29. The van der Waals surface area contributed by atoms with Crippen molar-refractivity contribution in [2.24, 2.45) is 0 Å². The summed E-state index contributed by atoms with van der Waals surface area (Å²) in [6.45, 7) is 2.54. The highest BCUT2D eigenvalue weighted by atomic mass is 35.5. The molecule has 0 saturated heterocycles. The van der Waals surface area contributed by atoms with E-state index in [0.717, 1.165) is 18.6 Å². The second kappa shape index (κ2) is 5.85. The van der Waals surface area contributed by atoms with Gasteiger partial charge in [0.25, 0.3) is 0 Å². The van der Waals surface area contributed by atoms with Crippen LogP contribution >= 0.6 is 11.6 Å². The number of hydrogen-bond acceptors (Lipinski definition) is 2. The van der Waals surface area contributed by atoms with Crippen LogP contribution in [0.15, 0.2) is 18.2 Å². The molecule has 1 fully saturated rings. The molecule has 3 unspecified atom stereocenters. The lowest BCUT2D eigenvalue weighted by Gasteiger charge is -2.40. The molecule has 1 aliphatic rings. The first kappa shape index (κ1) is 13.6. The van der Waals surface area contributed by atoms with Crippen LogP contribution in [0.25, 0.3) is 0 Å². The number of rotatable bonds is 5. The Kier molecular flexibility index (Phi) is 4.40. The van der Waals surface area contributed by atoms with Crippen molar-refractivity contribution < 1.29 is 18.3 Å². The average molecular weight is 277 g/mol. The van der Waals surface area contributed by atoms with Crippen LogP contribution in [0.5, 0.6) is 5.75 Å². The van der Waals surface area contributed by atoms with Crippen molar-refractivity contribution in [3.63, 3.8) is 0 Å². The summed E-state index contributed by atoms with van der Waals surface area (Å²) in [4.78, 5) is 0. The normalized spacial score (nSPS) is 26.8. The van der Waals surface area contributed by atoms with E-state index in [-0.39, 0.29) is 23.3 Å². The highest BCUT2D eigenvalue weighted by Crippen LogP contribution is 2.34. The number of benzene rings is 1. The monoisotopic (exact) mass is 276 g/mol. The molecule has 0 aromatic heterocycles. The zero-order valence-corrected chi connectivity index (χ0v) is 10.8. The fourth-order valence-electron chi connectivity index (χ4n) is 1.85. The van der Waals surface area contributed by atoms with E-state index in [1.165, 1.54) is 6.07 Å². The predicted molar refractivity (Wildman–Crippen MR) is 65.1 cm³/mol. The molecule has 2 rings (SSSR count). The van der Waals surface area contributed by atoms with Gasteiger partial charge in [0.15, 0.2) is 17.4 Å². The minimum Gasteiger partial charge on any atom is -0.481 e. The van der Waals surface area contributed by atoms with Crippen LogP contribution in [0, 0.1) is 11.6 Å². The van der Waals surface area contributed by atoms with Crippen LogP contribution in [-0.4, -0.2) is 24.2 Å². The summed E-state index contributed by atoms with van der Waals surface area (Å²) in [5, 5.41) is -0.156. The zero-order valence-electron chi connectivity index (χ0n) is 10.0. The Labute approximate surface area is 110 Å². The van der Waals surface area contributed by atoms with E-state index < -0.39 is 11.6 Å². The first-order chi connectivity index (χ1) is 8.63. The lowest BCUT2D eigenvalue weighted by molar-refractivity contribution is -0.0818. The van der Waals surface area contributed by atoms with Crippen LogP contribution < -0.4 is 4.74 Å². The first-order valence-electron chi connectivity index (χ1n) is 5.99. The van der Waals surface area contributed by atoms with Gasteiger partial charge in [0.05, 0.1) is 5.38 Å². The van der Waals surface area contributed by atoms with E-state index in [2.05, 4.69) is 0 Å². The molecule has 5 heteroatoms. The van der Waals surface area contributed by atoms with Crippen LogP contribution in [0.1, 0.15) is 19.8 Å². The Balaban J connectivity index is 2.01. The second-order valence-corrected chi connectivity index (χ2v) is 4.85. The summed E-state index contributed by atoms with van der Waals surface area (Å²) in [7, 11) is 0. The molecule has 0 spiro atoms. The van der Waals surface area contributed by atoms with Crippen LogP contribution in [0.3, 0.4) is 0 Å². The number of ether oxygens (including phenoxy) is 2. The van der Waals surface area contributed by atoms with Gasteiger partial charge in [-0.2, -0.15) is 0 Å². The highest BCUT2D eigenvalue weighted by molar-refractivity contribution is 6.21. The van der Waals surface area contributed by atoms with Crippen molar-refractivity contribution in [2.45, 2.75) is 37.4 Å². The molecule has 18 heavy (non-hydrogen) atoms. The van der Waals surface area contributed by atoms with Gasteiger partial charge >= 0.3 is 0 Å². The fourth-order valence-corrected chi connectivity index (χ4v) is 2.27. The first-order valence-corrected chi connectivity index (χ1v) is 6.43. The molecule has 1 aliphatic carbocycles. The maximum atomic E-state index is 13.4. The minimum absolute atomic E-state index is 0.156. The molecule has 0 bridgehead atoms. The SMILES string of the molecule is CCCOC1C(Cl)CC1Oc1c(F)cccc1F. The molecular weight excluding hydrogens is 262 g/mol. The highest BCUT2D eigenvalue weighted by Gasteiger charge is 2.43. The molecule has 0 N–H and O–H groups in total. The Morgan fingerprint density at radius 2 is 2.00 bits per heavy atom. The smallest absolute Gasteiger partial charge is 0.191 e. The number of halogens is 3. The summed E-state index contributed by atoms with van der Waals surface area (Å²) in [6.07, 6.45) is 0.709. The molecule has 3 atom stereocenters. The van der Waals surface area contributed by atoms with E-state index in [1.807, 2.05) is 6.92 Å². The van der Waals surface area contributed by atoms with Gasteiger partial charge in [0, 0.05) is 13.0 Å². The molecule has 100 valence electrons. The van der Waals surface area contributed by atoms with E-state index in [1.54, 1.807) is 0 Å². The van der Waals surface area contributed by atoms with Crippen molar-refractivity contribution in [1.82, 2.24) is 0 Å². The van der Waals surface area contributed by atoms with E-state index in [4.69, 9.17) is 21.1 Å². The standard InChI is InChI=1S/C13H15ClF2O2/c1-2-6-17-12-8(14)7-11(12)18-13-9(15)4-3-5-10(13)16/h3-5,8,11-12H,2,6-7H2,1H3. The number of alkyl halides is 1. The summed E-state index contributed by atoms with van der Waals surface area (Å²) in [5.74, 6) is -1.76. The van der Waals surface area contributed by atoms with E-state index >= 15 is 0 Å². The summed E-state index contributed by atoms with van der Waals surface area (Å²) >= 11 is 6.00. The van der Waals surface area contributed by atoms with Crippen molar-refractivity contribution >= 4 is 11.6 Å². The van der Waals surface area contributed by atoms with Gasteiger partial charge in [0.1, 0.15) is 12.2 Å². The maximum Gasteiger partial charge on any atom is 0.191 e. The molecule has 1 aromatic carbocycles. The van der Waals surface area contributed by atoms with Gasteiger partial charge in [-0.05, 0) is 18.6 Å². The Morgan fingerprint density at radius 1 is 1.33 bits per heavy atom. The molecule has 0 aliphatic heterocycles. The van der Waals surface area contributed by atoms with Crippen LogP contribution in [0.2, 0.25) is 0 Å². The molecule has 0 heterocycles. The quantitative estimate of drug-likeness (QED) is 0.766. The Bertz CT molecular complexity index is 394. The molecular formula is C13H15ClF2O2. The third-order valence-corrected chi connectivity index (χ3v) is 3.31. The molecule has 0 radical (unpaired) electrons. The number of hydrogen-bond donors (Lipinski definition) is 0. The minimum atomic E-state index is -0.706. The molecule has 0 amide bonds. The van der Waals surface area contributed by atoms with Crippen molar-refractivity contribution in [3.05, 3.63) is 29.8 Å². The van der Waals surface area contributed by atoms with Crippen LogP contribution in [0.4, 0.5) is 8.78 Å². The fraction of sp³-hybridized carbons (Fsp3) is 0.538. The average Bonchev–Trinajstić information content (AvgIpc) is 2.33. The van der Waals surface area contributed by atoms with Gasteiger partial charge in [-0.1, -0.05) is 13.0 Å². The van der Waals surface area contributed by atoms with Gasteiger partial charge in [0.2, 0.25) is 0 Å². The topological polar surface area (TPSA) is 18.5 Å². The molecule has 1 aromatic rings. The maximum absolute atomic E-state index is 13.4. The van der Waals surface area contributed by atoms with Gasteiger partial charge < -0.3 is 9.47 Å². The Hall–Kier alpha value is -0.870.